The molecule has 1 aromatic heterocycles. The van der Waals surface area contributed by atoms with Crippen LogP contribution in [0.25, 0.3) is 10.9 Å². The zero-order valence-electron chi connectivity index (χ0n) is 16.6. The number of benzene rings is 3. The lowest BCUT2D eigenvalue weighted by Gasteiger charge is -2.13. The number of nitrogens with one attached hydrogen (secondary N) is 3. The van der Waals surface area contributed by atoms with Gasteiger partial charge in [0.15, 0.2) is 0 Å². The molecule has 1 atom stereocenters. The van der Waals surface area contributed by atoms with Crippen molar-refractivity contribution in [3.63, 3.8) is 0 Å². The summed E-state index contributed by atoms with van der Waals surface area (Å²) >= 11 is 0. The minimum absolute atomic E-state index is 0.0727. The van der Waals surface area contributed by atoms with E-state index in [1.807, 2.05) is 0 Å². The van der Waals surface area contributed by atoms with Gasteiger partial charge in [-0.15, -0.1) is 0 Å². The van der Waals surface area contributed by atoms with Gasteiger partial charge in [0.1, 0.15) is 17.3 Å². The zero-order valence-corrected chi connectivity index (χ0v) is 16.6. The second-order valence-electron chi connectivity index (χ2n) is 7.32. The molecule has 0 saturated heterocycles. The molecule has 0 radical (unpaired) electrons. The summed E-state index contributed by atoms with van der Waals surface area (Å²) in [6.07, 6.45) is -1.29. The van der Waals surface area contributed by atoms with Gasteiger partial charge < -0.3 is 20.7 Å². The summed E-state index contributed by atoms with van der Waals surface area (Å²) in [5.74, 6) is -1.53. The lowest BCUT2D eigenvalue weighted by molar-refractivity contribution is -0.117. The summed E-state index contributed by atoms with van der Waals surface area (Å²) in [5, 5.41) is 15.6. The van der Waals surface area contributed by atoms with Gasteiger partial charge in [-0.25, -0.2) is 9.38 Å². The van der Waals surface area contributed by atoms with Crippen LogP contribution in [-0.4, -0.2) is 33.8 Å². The van der Waals surface area contributed by atoms with Gasteiger partial charge in [-0.1, -0.05) is 30.3 Å². The number of phenols is 1. The molecule has 2 amide bonds. The first-order chi connectivity index (χ1) is 15.5. The van der Waals surface area contributed by atoms with Crippen molar-refractivity contribution in [2.45, 2.75) is 6.17 Å². The van der Waals surface area contributed by atoms with Crippen LogP contribution < -0.4 is 10.6 Å². The highest BCUT2D eigenvalue weighted by Gasteiger charge is 2.28. The Bertz CT molecular complexity index is 1410. The van der Waals surface area contributed by atoms with Gasteiger partial charge in [0.25, 0.3) is 11.8 Å². The Labute approximate surface area is 181 Å². The molecule has 5 rings (SSSR count). The molecule has 2 heterocycles. The topological polar surface area (TPSA) is 107 Å². The molecule has 0 spiro atoms. The molecule has 0 unspecified atom stereocenters. The number of nitrogens with zero attached hydrogens (tertiary/aromatic N) is 1. The first-order valence-electron chi connectivity index (χ1n) is 9.85. The summed E-state index contributed by atoms with van der Waals surface area (Å²) in [6, 6.07) is 19.3. The van der Waals surface area contributed by atoms with Gasteiger partial charge in [0, 0.05) is 22.0 Å². The summed E-state index contributed by atoms with van der Waals surface area (Å²) in [5.41, 5.74) is 2.34. The lowest BCUT2D eigenvalue weighted by Crippen LogP contribution is -2.42. The lowest BCUT2D eigenvalue weighted by atomic mass is 10.0. The molecular weight excluding hydrogens is 411 g/mol. The van der Waals surface area contributed by atoms with Crippen molar-refractivity contribution in [3.05, 3.63) is 95.4 Å². The first kappa shape index (κ1) is 19.5. The van der Waals surface area contributed by atoms with Crippen molar-refractivity contribution < 1.29 is 19.1 Å². The SMILES string of the molecule is O=C(N[C@H]1N=C(c2ccccc2F)c2ccccc2NC1=O)c1cc2cc(O)ccc2[nH]1. The summed E-state index contributed by atoms with van der Waals surface area (Å²) in [7, 11) is 0. The number of amides is 2. The van der Waals surface area contributed by atoms with Crippen LogP contribution in [0.2, 0.25) is 0 Å². The van der Waals surface area contributed by atoms with Gasteiger partial charge >= 0.3 is 0 Å². The predicted octanol–water partition coefficient (Wildman–Crippen LogP) is 3.56. The highest BCUT2D eigenvalue weighted by atomic mass is 19.1. The molecule has 32 heavy (non-hydrogen) atoms. The number of halogens is 1. The zero-order chi connectivity index (χ0) is 22.2. The number of fused-ring (bicyclic) bond motifs is 2. The normalized spacial score (nSPS) is 15.5. The number of para-hydroxylation sites is 1. The Hall–Kier alpha value is -4.46. The fourth-order valence-electron chi connectivity index (χ4n) is 3.67. The molecule has 0 bridgehead atoms. The van der Waals surface area contributed by atoms with E-state index < -0.39 is 23.8 Å². The predicted molar refractivity (Wildman–Crippen MR) is 118 cm³/mol. The molecule has 1 aliphatic rings. The Balaban J connectivity index is 1.54. The molecule has 8 heteroatoms. The first-order valence-corrected chi connectivity index (χ1v) is 9.85. The third kappa shape index (κ3) is 3.47. The Morgan fingerprint density at radius 2 is 1.75 bits per heavy atom. The van der Waals surface area contributed by atoms with E-state index in [1.165, 1.54) is 18.2 Å². The van der Waals surface area contributed by atoms with E-state index in [9.17, 15) is 19.1 Å². The minimum atomic E-state index is -1.29. The van der Waals surface area contributed by atoms with Crippen molar-refractivity contribution in [1.29, 1.82) is 0 Å². The van der Waals surface area contributed by atoms with Crippen LogP contribution >= 0.6 is 0 Å². The number of aromatic amines is 1. The second-order valence-corrected chi connectivity index (χ2v) is 7.32. The van der Waals surface area contributed by atoms with E-state index in [2.05, 4.69) is 20.6 Å². The quantitative estimate of drug-likeness (QED) is 0.401. The number of H-pyrrole nitrogens is 1. The number of hydrogen-bond acceptors (Lipinski definition) is 4. The highest BCUT2D eigenvalue weighted by Crippen LogP contribution is 2.25. The van der Waals surface area contributed by atoms with E-state index >= 15 is 0 Å². The fourth-order valence-corrected chi connectivity index (χ4v) is 3.67. The molecule has 4 N–H and O–H groups in total. The monoisotopic (exact) mass is 428 g/mol. The van der Waals surface area contributed by atoms with Crippen molar-refractivity contribution in [2.75, 3.05) is 5.32 Å². The number of aromatic nitrogens is 1. The Kier molecular flexibility index (Phi) is 4.67. The van der Waals surface area contributed by atoms with Gasteiger partial charge in [0.05, 0.1) is 11.4 Å². The van der Waals surface area contributed by atoms with Crippen molar-refractivity contribution in [2.24, 2.45) is 4.99 Å². The number of anilines is 1. The van der Waals surface area contributed by atoms with Crippen molar-refractivity contribution >= 4 is 34.1 Å². The van der Waals surface area contributed by atoms with E-state index in [0.29, 0.717) is 22.2 Å². The van der Waals surface area contributed by atoms with Gasteiger partial charge in [-0.3, -0.25) is 9.59 Å². The summed E-state index contributed by atoms with van der Waals surface area (Å²) in [4.78, 5) is 33.1. The van der Waals surface area contributed by atoms with E-state index in [4.69, 9.17) is 0 Å². The fraction of sp³-hybridized carbons (Fsp3) is 0.0417. The van der Waals surface area contributed by atoms with Crippen LogP contribution in [0.5, 0.6) is 5.75 Å². The maximum Gasteiger partial charge on any atom is 0.269 e. The molecule has 0 aliphatic carbocycles. The average molecular weight is 428 g/mol. The molecule has 0 saturated carbocycles. The number of aliphatic imine (C=N–C) groups is 1. The number of carbonyl (C=O) groups is 2. The third-order valence-corrected chi connectivity index (χ3v) is 5.19. The van der Waals surface area contributed by atoms with Crippen LogP contribution in [0, 0.1) is 5.82 Å². The van der Waals surface area contributed by atoms with Crippen LogP contribution in [0.15, 0.2) is 77.8 Å². The number of rotatable bonds is 3. The average Bonchev–Trinajstić information content (AvgIpc) is 3.15. The molecule has 4 aromatic rings. The smallest absolute Gasteiger partial charge is 0.269 e. The van der Waals surface area contributed by atoms with Crippen molar-refractivity contribution in [3.8, 4) is 5.75 Å². The highest BCUT2D eigenvalue weighted by molar-refractivity contribution is 6.20. The number of carbonyl (C=O) groups excluding carboxylic acids is 2. The molecule has 0 fully saturated rings. The van der Waals surface area contributed by atoms with Crippen molar-refractivity contribution in [1.82, 2.24) is 10.3 Å². The Morgan fingerprint density at radius 3 is 2.56 bits per heavy atom. The maximum absolute atomic E-state index is 14.6. The number of phenolic OH excluding ortho intramolecular Hbond substituents is 1. The number of aromatic hydroxyl groups is 1. The largest absolute Gasteiger partial charge is 0.508 e. The van der Waals surface area contributed by atoms with Crippen LogP contribution in [-0.2, 0) is 4.79 Å². The van der Waals surface area contributed by atoms with E-state index in [0.717, 1.165) is 0 Å². The Morgan fingerprint density at radius 1 is 1.00 bits per heavy atom. The van der Waals surface area contributed by atoms with Gasteiger partial charge in [0.2, 0.25) is 6.17 Å². The molecule has 1 aliphatic heterocycles. The standard InChI is InChI=1S/C24H17FN4O3/c25-17-7-3-1-5-15(17)21-16-6-2-4-8-19(16)27-24(32)22(28-21)29-23(31)20-12-13-11-14(30)9-10-18(13)26-20/h1-12,22,26,30H,(H,27,32)(H,29,31)/t22-/m1/s1. The second kappa shape index (κ2) is 7.66. The summed E-state index contributed by atoms with van der Waals surface area (Å²) < 4.78 is 14.6. The minimum Gasteiger partial charge on any atom is -0.508 e. The van der Waals surface area contributed by atoms with Crippen LogP contribution in [0.3, 0.4) is 0 Å². The van der Waals surface area contributed by atoms with E-state index in [-0.39, 0.29) is 22.7 Å². The summed E-state index contributed by atoms with van der Waals surface area (Å²) in [6.45, 7) is 0. The molecular formula is C24H17FN4O3. The molecule has 3 aromatic carbocycles. The maximum atomic E-state index is 14.6. The molecule has 158 valence electrons. The van der Waals surface area contributed by atoms with Gasteiger partial charge in [-0.2, -0.15) is 0 Å². The van der Waals surface area contributed by atoms with E-state index in [1.54, 1.807) is 54.6 Å². The molecule has 7 nitrogen and oxygen atoms in total. The van der Waals surface area contributed by atoms with Crippen LogP contribution in [0.4, 0.5) is 10.1 Å². The van der Waals surface area contributed by atoms with Gasteiger partial charge in [-0.05, 0) is 42.5 Å². The van der Waals surface area contributed by atoms with Crippen LogP contribution in [0.1, 0.15) is 21.6 Å². The third-order valence-electron chi connectivity index (χ3n) is 5.19. The number of hydrogen-bond donors (Lipinski definition) is 4. The number of benzodiazepines with no additional fused rings is 1.